The fourth-order valence-electron chi connectivity index (χ4n) is 0.586. The molecule has 0 saturated heterocycles. The van der Waals surface area contributed by atoms with Crippen molar-refractivity contribution >= 4 is 0 Å². The minimum Gasteiger partial charge on any atom is -0.237 e. The first kappa shape index (κ1) is 6.95. The molecule has 0 aromatic carbocycles. The van der Waals surface area contributed by atoms with Crippen LogP contribution in [0, 0.1) is 0 Å². The highest BCUT2D eigenvalue weighted by molar-refractivity contribution is 4.83. The first-order valence-electron chi connectivity index (χ1n) is 2.77. The average Bonchev–Trinajstić information content (AvgIpc) is 2.51. The first-order valence-corrected chi connectivity index (χ1v) is 2.77. The third-order valence-electron chi connectivity index (χ3n) is 1.13. The van der Waals surface area contributed by atoms with Crippen molar-refractivity contribution in [3.63, 3.8) is 0 Å². The highest BCUT2D eigenvalue weighted by Gasteiger charge is 2.49. The zero-order valence-electron chi connectivity index (χ0n) is 5.55. The highest BCUT2D eigenvalue weighted by Crippen LogP contribution is 2.40. The second-order valence-corrected chi connectivity index (χ2v) is 1.91. The molecule has 0 heterocycles. The van der Waals surface area contributed by atoms with E-state index in [1.165, 1.54) is 14.2 Å². The van der Waals surface area contributed by atoms with Crippen LogP contribution in [0.2, 0.25) is 0 Å². The van der Waals surface area contributed by atoms with Crippen molar-refractivity contribution in [1.82, 2.24) is 0 Å². The smallest absolute Gasteiger partial charge is 0.234 e. The van der Waals surface area contributed by atoms with Gasteiger partial charge in [-0.25, -0.2) is 9.78 Å². The van der Waals surface area contributed by atoms with Gasteiger partial charge in [0.1, 0.15) is 0 Å². The van der Waals surface area contributed by atoms with Gasteiger partial charge in [-0.15, -0.1) is 0 Å². The van der Waals surface area contributed by atoms with Gasteiger partial charge in [0.05, 0.1) is 14.2 Å². The van der Waals surface area contributed by atoms with Crippen LogP contribution in [0.3, 0.4) is 0 Å². The summed E-state index contributed by atoms with van der Waals surface area (Å²) in [6, 6.07) is 0. The van der Waals surface area contributed by atoms with Gasteiger partial charge in [-0.3, -0.25) is 0 Å². The summed E-state index contributed by atoms with van der Waals surface area (Å²) in [6.07, 6.45) is 1.66. The quantitative estimate of drug-likeness (QED) is 0.321. The standard InChI is InChI=1S/C5H10O4/c1-6-8-5(3-4-5)9-7-2/h3-4H2,1-2H3. The Bertz CT molecular complexity index is 81.0. The third kappa shape index (κ3) is 1.62. The van der Waals surface area contributed by atoms with Gasteiger partial charge in [-0.2, -0.15) is 9.78 Å². The van der Waals surface area contributed by atoms with Crippen molar-refractivity contribution in [3.05, 3.63) is 0 Å². The van der Waals surface area contributed by atoms with E-state index >= 15 is 0 Å². The van der Waals surface area contributed by atoms with Gasteiger partial charge in [-0.1, -0.05) is 0 Å². The molecule has 0 bridgehead atoms. The molecule has 0 aromatic rings. The van der Waals surface area contributed by atoms with E-state index in [1.54, 1.807) is 0 Å². The Morgan fingerprint density at radius 1 is 1.00 bits per heavy atom. The lowest BCUT2D eigenvalue weighted by Gasteiger charge is -2.10. The van der Waals surface area contributed by atoms with E-state index in [0.29, 0.717) is 0 Å². The summed E-state index contributed by atoms with van der Waals surface area (Å²) in [5.74, 6) is -0.594. The molecule has 1 fully saturated rings. The largest absolute Gasteiger partial charge is 0.237 e. The second kappa shape index (κ2) is 2.62. The lowest BCUT2D eigenvalue weighted by molar-refractivity contribution is -0.464. The summed E-state index contributed by atoms with van der Waals surface area (Å²) in [7, 11) is 2.89. The topological polar surface area (TPSA) is 36.9 Å². The third-order valence-corrected chi connectivity index (χ3v) is 1.13. The van der Waals surface area contributed by atoms with Crippen LogP contribution in [0.1, 0.15) is 12.8 Å². The van der Waals surface area contributed by atoms with Crippen LogP contribution in [0.5, 0.6) is 0 Å². The van der Waals surface area contributed by atoms with Gasteiger partial charge in [0.15, 0.2) is 0 Å². The van der Waals surface area contributed by atoms with E-state index in [9.17, 15) is 0 Å². The van der Waals surface area contributed by atoms with Crippen LogP contribution < -0.4 is 0 Å². The molecule has 0 N–H and O–H groups in total. The normalized spacial score (nSPS) is 22.0. The van der Waals surface area contributed by atoms with Gasteiger partial charge in [0, 0.05) is 12.8 Å². The molecule has 54 valence electrons. The Hall–Kier alpha value is -0.160. The van der Waals surface area contributed by atoms with Gasteiger partial charge in [-0.05, 0) is 0 Å². The highest BCUT2D eigenvalue weighted by atomic mass is 17.3. The number of hydrogen-bond acceptors (Lipinski definition) is 4. The Morgan fingerprint density at radius 3 is 1.67 bits per heavy atom. The predicted molar refractivity (Wildman–Crippen MR) is 28.2 cm³/mol. The molecule has 0 aliphatic heterocycles. The zero-order valence-corrected chi connectivity index (χ0v) is 5.55. The summed E-state index contributed by atoms with van der Waals surface area (Å²) < 4.78 is 0. The van der Waals surface area contributed by atoms with E-state index in [2.05, 4.69) is 9.78 Å². The lowest BCUT2D eigenvalue weighted by atomic mass is 10.7. The molecule has 0 aromatic heterocycles. The second-order valence-electron chi connectivity index (χ2n) is 1.91. The zero-order chi connectivity index (χ0) is 6.74. The Morgan fingerprint density at radius 2 is 1.44 bits per heavy atom. The van der Waals surface area contributed by atoms with Gasteiger partial charge < -0.3 is 0 Å². The van der Waals surface area contributed by atoms with E-state index < -0.39 is 5.79 Å². The van der Waals surface area contributed by atoms with Crippen molar-refractivity contribution in [2.24, 2.45) is 0 Å². The summed E-state index contributed by atoms with van der Waals surface area (Å²) in [5, 5.41) is 0. The van der Waals surface area contributed by atoms with E-state index in [-0.39, 0.29) is 0 Å². The van der Waals surface area contributed by atoms with E-state index in [0.717, 1.165) is 12.8 Å². The van der Waals surface area contributed by atoms with Crippen molar-refractivity contribution in [2.75, 3.05) is 14.2 Å². The number of rotatable bonds is 4. The van der Waals surface area contributed by atoms with Crippen LogP contribution in [-0.2, 0) is 19.6 Å². The number of hydrogen-bond donors (Lipinski definition) is 0. The molecular weight excluding hydrogens is 124 g/mol. The SMILES string of the molecule is COOC1(OOC)CC1. The van der Waals surface area contributed by atoms with E-state index in [1.807, 2.05) is 0 Å². The first-order chi connectivity index (χ1) is 4.33. The molecule has 0 amide bonds. The maximum atomic E-state index is 4.73. The maximum absolute atomic E-state index is 4.73. The summed E-state index contributed by atoms with van der Waals surface area (Å²) in [4.78, 5) is 18.3. The lowest BCUT2D eigenvalue weighted by Crippen LogP contribution is -2.17. The molecule has 1 rings (SSSR count). The minimum atomic E-state index is -0.594. The molecule has 0 atom stereocenters. The average molecular weight is 134 g/mol. The van der Waals surface area contributed by atoms with Crippen LogP contribution in [0.25, 0.3) is 0 Å². The molecule has 0 unspecified atom stereocenters. The molecule has 1 aliphatic carbocycles. The van der Waals surface area contributed by atoms with Crippen LogP contribution in [0.15, 0.2) is 0 Å². The summed E-state index contributed by atoms with van der Waals surface area (Å²) in [6.45, 7) is 0. The monoisotopic (exact) mass is 134 g/mol. The molecule has 9 heavy (non-hydrogen) atoms. The molecule has 0 spiro atoms. The molecule has 1 aliphatic rings. The fraction of sp³-hybridized carbons (Fsp3) is 1.00. The molecule has 4 heteroatoms. The summed E-state index contributed by atoms with van der Waals surface area (Å²) in [5.41, 5.74) is 0. The van der Waals surface area contributed by atoms with Gasteiger partial charge in [0.25, 0.3) is 0 Å². The Balaban J connectivity index is 2.17. The van der Waals surface area contributed by atoms with Crippen molar-refractivity contribution in [2.45, 2.75) is 18.6 Å². The predicted octanol–water partition coefficient (Wildman–Crippen LogP) is 0.632. The van der Waals surface area contributed by atoms with Crippen molar-refractivity contribution < 1.29 is 19.6 Å². The molecule has 0 radical (unpaired) electrons. The van der Waals surface area contributed by atoms with Crippen LogP contribution in [-0.4, -0.2) is 20.0 Å². The molecule has 4 nitrogen and oxygen atoms in total. The Labute approximate surface area is 53.5 Å². The summed E-state index contributed by atoms with van der Waals surface area (Å²) >= 11 is 0. The molecular formula is C5H10O4. The fourth-order valence-corrected chi connectivity index (χ4v) is 0.586. The minimum absolute atomic E-state index is 0.594. The maximum Gasteiger partial charge on any atom is 0.234 e. The van der Waals surface area contributed by atoms with Gasteiger partial charge >= 0.3 is 0 Å². The van der Waals surface area contributed by atoms with Crippen molar-refractivity contribution in [3.8, 4) is 0 Å². The molecule has 1 saturated carbocycles. The van der Waals surface area contributed by atoms with Crippen molar-refractivity contribution in [1.29, 1.82) is 0 Å². The Kier molecular flexibility index (Phi) is 2.02. The van der Waals surface area contributed by atoms with Gasteiger partial charge in [0.2, 0.25) is 5.79 Å². The van der Waals surface area contributed by atoms with E-state index in [4.69, 9.17) is 9.78 Å². The van der Waals surface area contributed by atoms with Crippen LogP contribution >= 0.6 is 0 Å². The van der Waals surface area contributed by atoms with Crippen LogP contribution in [0.4, 0.5) is 0 Å².